The van der Waals surface area contributed by atoms with Gasteiger partial charge in [-0.2, -0.15) is 11.3 Å². The van der Waals surface area contributed by atoms with Gasteiger partial charge in [0.15, 0.2) is 0 Å². The van der Waals surface area contributed by atoms with Gasteiger partial charge in [0.1, 0.15) is 0 Å². The average Bonchev–Trinajstić information content (AvgIpc) is 2.82. The number of thiophene rings is 1. The second-order valence-corrected chi connectivity index (χ2v) is 4.66. The van der Waals surface area contributed by atoms with Gasteiger partial charge in [-0.3, -0.25) is 4.79 Å². The lowest BCUT2D eigenvalue weighted by Crippen LogP contribution is -2.26. The SMILES string of the molecule is CC(NC(=O)c1cccc(N)c1)c1ccsc1. The molecule has 0 fully saturated rings. The van der Waals surface area contributed by atoms with Crippen LogP contribution >= 0.6 is 11.3 Å². The zero-order valence-electron chi connectivity index (χ0n) is 9.51. The van der Waals surface area contributed by atoms with Crippen molar-refractivity contribution in [1.82, 2.24) is 5.32 Å². The summed E-state index contributed by atoms with van der Waals surface area (Å²) in [5.41, 5.74) is 7.95. The number of hydrogen-bond acceptors (Lipinski definition) is 3. The van der Waals surface area contributed by atoms with E-state index in [0.717, 1.165) is 5.56 Å². The predicted molar refractivity (Wildman–Crippen MR) is 71.1 cm³/mol. The van der Waals surface area contributed by atoms with E-state index in [4.69, 9.17) is 5.73 Å². The van der Waals surface area contributed by atoms with Gasteiger partial charge in [0.25, 0.3) is 5.91 Å². The Morgan fingerprint density at radius 2 is 2.24 bits per heavy atom. The van der Waals surface area contributed by atoms with Crippen molar-refractivity contribution in [3.05, 3.63) is 52.2 Å². The van der Waals surface area contributed by atoms with E-state index in [-0.39, 0.29) is 11.9 Å². The highest BCUT2D eigenvalue weighted by molar-refractivity contribution is 7.07. The molecule has 0 aliphatic rings. The number of hydrogen-bond donors (Lipinski definition) is 2. The molecule has 0 saturated heterocycles. The number of benzene rings is 1. The lowest BCUT2D eigenvalue weighted by atomic mass is 10.1. The highest BCUT2D eigenvalue weighted by Gasteiger charge is 2.11. The Kier molecular flexibility index (Phi) is 3.44. The third-order valence-electron chi connectivity index (χ3n) is 2.54. The number of nitrogens with one attached hydrogen (secondary N) is 1. The zero-order valence-corrected chi connectivity index (χ0v) is 10.3. The summed E-state index contributed by atoms with van der Waals surface area (Å²) in [5, 5.41) is 6.97. The van der Waals surface area contributed by atoms with Crippen LogP contribution in [0.3, 0.4) is 0 Å². The molecule has 1 atom stereocenters. The van der Waals surface area contributed by atoms with E-state index in [1.165, 1.54) is 0 Å². The minimum absolute atomic E-state index is 0.00943. The molecule has 4 heteroatoms. The molecule has 1 heterocycles. The maximum Gasteiger partial charge on any atom is 0.251 e. The fourth-order valence-corrected chi connectivity index (χ4v) is 2.32. The van der Waals surface area contributed by atoms with Crippen molar-refractivity contribution in [2.75, 3.05) is 5.73 Å². The normalized spacial score (nSPS) is 12.1. The summed E-state index contributed by atoms with van der Waals surface area (Å²) in [6.45, 7) is 1.96. The standard InChI is InChI=1S/C13H14N2OS/c1-9(11-5-6-17-8-11)15-13(16)10-3-2-4-12(14)7-10/h2-9H,14H2,1H3,(H,15,16). The van der Waals surface area contributed by atoms with E-state index in [9.17, 15) is 4.79 Å². The summed E-state index contributed by atoms with van der Waals surface area (Å²) in [5.74, 6) is -0.101. The van der Waals surface area contributed by atoms with Gasteiger partial charge < -0.3 is 11.1 Å². The number of nitrogens with two attached hydrogens (primary N) is 1. The van der Waals surface area contributed by atoms with Gasteiger partial charge in [-0.25, -0.2) is 0 Å². The number of anilines is 1. The van der Waals surface area contributed by atoms with E-state index in [2.05, 4.69) is 5.32 Å². The van der Waals surface area contributed by atoms with Crippen molar-refractivity contribution < 1.29 is 4.79 Å². The Hall–Kier alpha value is -1.81. The van der Waals surface area contributed by atoms with Crippen LogP contribution in [0.25, 0.3) is 0 Å². The maximum absolute atomic E-state index is 11.9. The van der Waals surface area contributed by atoms with Gasteiger partial charge in [-0.1, -0.05) is 6.07 Å². The van der Waals surface area contributed by atoms with Crippen LogP contribution in [0, 0.1) is 0 Å². The van der Waals surface area contributed by atoms with Gasteiger partial charge in [0.2, 0.25) is 0 Å². The predicted octanol–water partition coefficient (Wildman–Crippen LogP) is 2.82. The Morgan fingerprint density at radius 3 is 2.88 bits per heavy atom. The minimum atomic E-state index is -0.101. The van der Waals surface area contributed by atoms with Crippen LogP contribution in [-0.4, -0.2) is 5.91 Å². The van der Waals surface area contributed by atoms with Gasteiger partial charge in [-0.05, 0) is 47.5 Å². The van der Waals surface area contributed by atoms with Crippen LogP contribution in [0.4, 0.5) is 5.69 Å². The van der Waals surface area contributed by atoms with Crippen molar-refractivity contribution in [1.29, 1.82) is 0 Å². The van der Waals surface area contributed by atoms with E-state index in [1.807, 2.05) is 23.8 Å². The smallest absolute Gasteiger partial charge is 0.251 e. The Labute approximate surface area is 104 Å². The molecule has 88 valence electrons. The molecule has 0 aliphatic carbocycles. The first-order valence-electron chi connectivity index (χ1n) is 5.35. The van der Waals surface area contributed by atoms with E-state index in [0.29, 0.717) is 11.3 Å². The fourth-order valence-electron chi connectivity index (χ4n) is 1.56. The first-order chi connectivity index (χ1) is 8.16. The second-order valence-electron chi connectivity index (χ2n) is 3.88. The molecule has 1 unspecified atom stereocenters. The number of carbonyl (C=O) groups is 1. The van der Waals surface area contributed by atoms with Gasteiger partial charge in [0.05, 0.1) is 6.04 Å². The summed E-state index contributed by atoms with van der Waals surface area (Å²) in [6.07, 6.45) is 0. The molecular weight excluding hydrogens is 232 g/mol. The first kappa shape index (κ1) is 11.7. The summed E-state index contributed by atoms with van der Waals surface area (Å²) in [7, 11) is 0. The molecule has 3 nitrogen and oxygen atoms in total. The second kappa shape index (κ2) is 5.01. The van der Waals surface area contributed by atoms with E-state index in [1.54, 1.807) is 35.6 Å². The highest BCUT2D eigenvalue weighted by Crippen LogP contribution is 2.16. The number of nitrogen functional groups attached to an aromatic ring is 1. The average molecular weight is 246 g/mol. The minimum Gasteiger partial charge on any atom is -0.399 e. The molecule has 2 aromatic rings. The summed E-state index contributed by atoms with van der Waals surface area (Å²) >= 11 is 1.62. The molecule has 1 aromatic carbocycles. The number of rotatable bonds is 3. The van der Waals surface area contributed by atoms with Crippen LogP contribution in [0.15, 0.2) is 41.1 Å². The quantitative estimate of drug-likeness (QED) is 0.818. The monoisotopic (exact) mass is 246 g/mol. The molecule has 0 spiro atoms. The van der Waals surface area contributed by atoms with Crippen LogP contribution < -0.4 is 11.1 Å². The lowest BCUT2D eigenvalue weighted by molar-refractivity contribution is 0.0940. The molecule has 0 bridgehead atoms. The van der Waals surface area contributed by atoms with E-state index >= 15 is 0 Å². The number of carbonyl (C=O) groups excluding carboxylic acids is 1. The number of amides is 1. The molecule has 0 aliphatic heterocycles. The van der Waals surface area contributed by atoms with Crippen LogP contribution in [0.5, 0.6) is 0 Å². The highest BCUT2D eigenvalue weighted by atomic mass is 32.1. The molecule has 3 N–H and O–H groups in total. The van der Waals surface area contributed by atoms with Crippen molar-refractivity contribution in [3.8, 4) is 0 Å². The van der Waals surface area contributed by atoms with Gasteiger partial charge in [0, 0.05) is 11.3 Å². The van der Waals surface area contributed by atoms with Gasteiger partial charge >= 0.3 is 0 Å². The summed E-state index contributed by atoms with van der Waals surface area (Å²) in [4.78, 5) is 11.9. The third-order valence-corrected chi connectivity index (χ3v) is 3.24. The van der Waals surface area contributed by atoms with Crippen LogP contribution in [0.2, 0.25) is 0 Å². The molecule has 0 radical (unpaired) electrons. The van der Waals surface area contributed by atoms with E-state index < -0.39 is 0 Å². The van der Waals surface area contributed by atoms with Gasteiger partial charge in [-0.15, -0.1) is 0 Å². The Morgan fingerprint density at radius 1 is 1.41 bits per heavy atom. The lowest BCUT2D eigenvalue weighted by Gasteiger charge is -2.12. The molecule has 1 amide bonds. The van der Waals surface area contributed by atoms with Crippen molar-refractivity contribution in [2.45, 2.75) is 13.0 Å². The fraction of sp³-hybridized carbons (Fsp3) is 0.154. The molecule has 0 saturated carbocycles. The van der Waals surface area contributed by atoms with Crippen LogP contribution in [0.1, 0.15) is 28.9 Å². The molecule has 1 aromatic heterocycles. The molecule has 2 rings (SSSR count). The van der Waals surface area contributed by atoms with Crippen molar-refractivity contribution >= 4 is 22.9 Å². The summed E-state index contributed by atoms with van der Waals surface area (Å²) in [6, 6.07) is 8.99. The molecular formula is C13H14N2OS. The Bertz CT molecular complexity index is 508. The first-order valence-corrected chi connectivity index (χ1v) is 6.29. The Balaban J connectivity index is 2.07. The largest absolute Gasteiger partial charge is 0.399 e. The summed E-state index contributed by atoms with van der Waals surface area (Å²) < 4.78 is 0. The topological polar surface area (TPSA) is 55.1 Å². The third kappa shape index (κ3) is 2.85. The van der Waals surface area contributed by atoms with Crippen molar-refractivity contribution in [3.63, 3.8) is 0 Å². The van der Waals surface area contributed by atoms with Crippen molar-refractivity contribution in [2.24, 2.45) is 0 Å². The van der Waals surface area contributed by atoms with Crippen LogP contribution in [-0.2, 0) is 0 Å². The molecule has 17 heavy (non-hydrogen) atoms. The zero-order chi connectivity index (χ0) is 12.3. The maximum atomic E-state index is 11.9.